The predicted molar refractivity (Wildman–Crippen MR) is 24.7 cm³/mol. The molecule has 0 aliphatic heterocycles. The smallest absolute Gasteiger partial charge is 0.172 e. The summed E-state index contributed by atoms with van der Waals surface area (Å²) in [5.41, 5.74) is 0. The minimum absolute atomic E-state index is 0.875. The van der Waals surface area contributed by atoms with Crippen LogP contribution in [0.2, 0.25) is 0 Å². The fourth-order valence-corrected chi connectivity index (χ4v) is 0.118. The predicted octanol–water partition coefficient (Wildman–Crippen LogP) is 1.14. The summed E-state index contributed by atoms with van der Waals surface area (Å²) >= 11 is 0. The molecule has 0 atom stereocenters. The lowest BCUT2D eigenvalue weighted by Gasteiger charge is -1.77. The highest BCUT2D eigenvalue weighted by Crippen LogP contribution is 1.66. The van der Waals surface area contributed by atoms with Gasteiger partial charge in [-0.2, -0.15) is 0 Å². The van der Waals surface area contributed by atoms with Gasteiger partial charge in [-0.15, -0.1) is 0 Å². The van der Waals surface area contributed by atoms with E-state index >= 15 is 0 Å². The number of allylic oxidation sites excluding steroid dienone is 1. The molecule has 0 rings (SSSR count). The van der Waals surface area contributed by atoms with Crippen molar-refractivity contribution >= 4 is 6.40 Å². The largest absolute Gasteiger partial charge is 0.454 e. The molecule has 2 heteroatoms. The number of hydrogen-bond acceptors (Lipinski definition) is 2. The Kier molecular flexibility index (Phi) is 3.66. The molecule has 0 fully saturated rings. The van der Waals surface area contributed by atoms with Crippen molar-refractivity contribution in [3.05, 3.63) is 12.3 Å². The molecule has 1 N–H and O–H groups in total. The normalized spacial score (nSPS) is 8.83. The second-order valence-electron chi connectivity index (χ2n) is 0.723. The summed E-state index contributed by atoms with van der Waals surface area (Å²) in [6.45, 7) is 1.82. The third kappa shape index (κ3) is 3.21. The summed E-state index contributed by atoms with van der Waals surface area (Å²) in [7, 11) is 0. The highest BCUT2D eigenvalue weighted by Gasteiger charge is 1.54. The Morgan fingerprint density at radius 2 is 2.33 bits per heavy atom. The third-order valence-corrected chi connectivity index (χ3v) is 0.283. The van der Waals surface area contributed by atoms with E-state index in [1.54, 1.807) is 6.08 Å². The van der Waals surface area contributed by atoms with E-state index in [1.165, 1.54) is 6.26 Å². The molecular formula is C4H7NO. The molecule has 0 aromatic carbocycles. The van der Waals surface area contributed by atoms with Gasteiger partial charge in [-0.25, -0.2) is 0 Å². The number of rotatable bonds is 2. The lowest BCUT2D eigenvalue weighted by atomic mass is 10.7. The molecule has 0 aliphatic rings. The molecule has 2 nitrogen and oxygen atoms in total. The van der Waals surface area contributed by atoms with E-state index in [0.717, 1.165) is 6.40 Å². The van der Waals surface area contributed by atoms with Gasteiger partial charge in [-0.1, -0.05) is 6.08 Å². The van der Waals surface area contributed by atoms with Crippen LogP contribution in [0.15, 0.2) is 12.3 Å². The van der Waals surface area contributed by atoms with Crippen LogP contribution in [-0.4, -0.2) is 6.40 Å². The molecule has 0 heterocycles. The average Bonchev–Trinajstić information content (AvgIpc) is 1.61. The van der Waals surface area contributed by atoms with E-state index in [2.05, 4.69) is 4.74 Å². The van der Waals surface area contributed by atoms with Gasteiger partial charge in [0.2, 0.25) is 0 Å². The van der Waals surface area contributed by atoms with Crippen LogP contribution in [0.3, 0.4) is 0 Å². The molecule has 0 saturated carbocycles. The van der Waals surface area contributed by atoms with Gasteiger partial charge in [-0.05, 0) is 6.92 Å². The van der Waals surface area contributed by atoms with E-state index < -0.39 is 0 Å². The van der Waals surface area contributed by atoms with Gasteiger partial charge in [0.25, 0.3) is 0 Å². The van der Waals surface area contributed by atoms with Gasteiger partial charge in [0.15, 0.2) is 6.40 Å². The minimum atomic E-state index is 0.875. The van der Waals surface area contributed by atoms with Crippen LogP contribution in [0.25, 0.3) is 0 Å². The Morgan fingerprint density at radius 3 is 2.50 bits per heavy atom. The van der Waals surface area contributed by atoms with E-state index in [0.29, 0.717) is 0 Å². The lowest BCUT2D eigenvalue weighted by molar-refractivity contribution is 0.489. The average molecular weight is 85.1 g/mol. The van der Waals surface area contributed by atoms with Gasteiger partial charge in [0, 0.05) is 0 Å². The van der Waals surface area contributed by atoms with Crippen LogP contribution in [-0.2, 0) is 4.74 Å². The van der Waals surface area contributed by atoms with Crippen molar-refractivity contribution in [2.75, 3.05) is 0 Å². The number of ether oxygens (including phenoxy) is 1. The van der Waals surface area contributed by atoms with Crippen molar-refractivity contribution in [2.45, 2.75) is 6.92 Å². The molecule has 0 bridgehead atoms. The van der Waals surface area contributed by atoms with Crippen LogP contribution in [0, 0.1) is 5.41 Å². The summed E-state index contributed by atoms with van der Waals surface area (Å²) in [6, 6.07) is 0. The van der Waals surface area contributed by atoms with Gasteiger partial charge < -0.3 is 4.74 Å². The number of hydrogen-bond donors (Lipinski definition) is 1. The first-order chi connectivity index (χ1) is 2.91. The Balaban J connectivity index is 2.85. The third-order valence-electron chi connectivity index (χ3n) is 0.283. The van der Waals surface area contributed by atoms with Crippen molar-refractivity contribution in [1.29, 1.82) is 5.41 Å². The second-order valence-corrected chi connectivity index (χ2v) is 0.723. The van der Waals surface area contributed by atoms with Crippen molar-refractivity contribution in [1.82, 2.24) is 0 Å². The molecule has 0 unspecified atom stereocenters. The van der Waals surface area contributed by atoms with Crippen LogP contribution in [0.5, 0.6) is 0 Å². The molecular weight excluding hydrogens is 78.1 g/mol. The topological polar surface area (TPSA) is 33.1 Å². The molecule has 0 aliphatic carbocycles. The SMILES string of the molecule is C/C=C\OC=N. The van der Waals surface area contributed by atoms with Gasteiger partial charge in [0.05, 0.1) is 6.26 Å². The Labute approximate surface area is 36.9 Å². The highest BCUT2D eigenvalue weighted by atomic mass is 16.5. The lowest BCUT2D eigenvalue weighted by Crippen LogP contribution is -1.67. The van der Waals surface area contributed by atoms with Crippen LogP contribution in [0.1, 0.15) is 6.92 Å². The molecule has 0 aromatic heterocycles. The monoisotopic (exact) mass is 85.1 g/mol. The summed E-state index contributed by atoms with van der Waals surface area (Å²) < 4.78 is 4.34. The number of nitrogens with one attached hydrogen (secondary N) is 1. The van der Waals surface area contributed by atoms with E-state index in [4.69, 9.17) is 5.41 Å². The van der Waals surface area contributed by atoms with E-state index in [-0.39, 0.29) is 0 Å². The fourth-order valence-electron chi connectivity index (χ4n) is 0.118. The standard InChI is InChI=1S/C4H7NO/c1-2-3-6-4-5/h2-5H,1H3/b3-2-,5-4?. The molecule has 0 radical (unpaired) electrons. The van der Waals surface area contributed by atoms with Gasteiger partial charge in [0.1, 0.15) is 0 Å². The summed E-state index contributed by atoms with van der Waals surface area (Å²) in [5.74, 6) is 0. The zero-order valence-electron chi connectivity index (χ0n) is 3.64. The zero-order valence-corrected chi connectivity index (χ0v) is 3.64. The Hall–Kier alpha value is -0.790. The van der Waals surface area contributed by atoms with E-state index in [1.807, 2.05) is 6.92 Å². The fraction of sp³-hybridized carbons (Fsp3) is 0.250. The maximum atomic E-state index is 6.31. The molecule has 0 amide bonds. The first-order valence-electron chi connectivity index (χ1n) is 1.67. The van der Waals surface area contributed by atoms with Gasteiger partial charge >= 0.3 is 0 Å². The second kappa shape index (κ2) is 4.21. The van der Waals surface area contributed by atoms with Crippen molar-refractivity contribution in [3.63, 3.8) is 0 Å². The Morgan fingerprint density at radius 1 is 1.67 bits per heavy atom. The zero-order chi connectivity index (χ0) is 4.83. The first-order valence-corrected chi connectivity index (χ1v) is 1.67. The quantitative estimate of drug-likeness (QED) is 0.304. The minimum Gasteiger partial charge on any atom is -0.454 e. The molecule has 6 heavy (non-hydrogen) atoms. The molecule has 0 aromatic rings. The van der Waals surface area contributed by atoms with Gasteiger partial charge in [-0.3, -0.25) is 5.41 Å². The molecule has 34 valence electrons. The van der Waals surface area contributed by atoms with Crippen LogP contribution < -0.4 is 0 Å². The van der Waals surface area contributed by atoms with Crippen molar-refractivity contribution in [3.8, 4) is 0 Å². The van der Waals surface area contributed by atoms with Crippen LogP contribution >= 0.6 is 0 Å². The van der Waals surface area contributed by atoms with E-state index in [9.17, 15) is 0 Å². The highest BCUT2D eigenvalue weighted by molar-refractivity contribution is 5.41. The van der Waals surface area contributed by atoms with Crippen LogP contribution in [0.4, 0.5) is 0 Å². The molecule has 0 saturated heterocycles. The molecule has 0 spiro atoms. The van der Waals surface area contributed by atoms with Crippen molar-refractivity contribution < 1.29 is 4.74 Å². The summed E-state index contributed by atoms with van der Waals surface area (Å²) in [4.78, 5) is 0. The maximum Gasteiger partial charge on any atom is 0.172 e. The maximum absolute atomic E-state index is 6.31. The summed E-state index contributed by atoms with van der Waals surface area (Å²) in [6.07, 6.45) is 4.03. The first kappa shape index (κ1) is 5.21. The summed E-state index contributed by atoms with van der Waals surface area (Å²) in [5, 5.41) is 6.31. The van der Waals surface area contributed by atoms with Crippen molar-refractivity contribution in [2.24, 2.45) is 0 Å². The Bertz CT molecular complexity index is 58.6.